The van der Waals surface area contributed by atoms with E-state index in [0.29, 0.717) is 12.3 Å². The fourth-order valence-electron chi connectivity index (χ4n) is 3.79. The molecule has 0 radical (unpaired) electrons. The number of carbonyl (C=O) groups is 1. The van der Waals surface area contributed by atoms with Crippen molar-refractivity contribution < 1.29 is 9.21 Å². The smallest absolute Gasteiger partial charge is 0.233 e. The molecule has 0 aromatic carbocycles. The van der Waals surface area contributed by atoms with Crippen molar-refractivity contribution in [2.75, 3.05) is 23.7 Å². The second-order valence-electron chi connectivity index (χ2n) is 7.77. The standard InChI is InChI=1S/C20H31N5O2S/c1-15(2)25(16(3)4)18(26)14-28-20-22-21-19(23-10-6-5-7-11-23)24(20)13-17-9-8-12-27-17/h8-9,12,15-16H,5-7,10-11,13-14H2,1-4H3. The molecule has 0 aliphatic carbocycles. The van der Waals surface area contributed by atoms with Crippen molar-refractivity contribution in [2.24, 2.45) is 0 Å². The van der Waals surface area contributed by atoms with Crippen LogP contribution in [0.4, 0.5) is 5.95 Å². The highest BCUT2D eigenvalue weighted by molar-refractivity contribution is 7.99. The zero-order valence-electron chi connectivity index (χ0n) is 17.3. The van der Waals surface area contributed by atoms with Gasteiger partial charge in [-0.1, -0.05) is 11.8 Å². The maximum atomic E-state index is 12.8. The molecule has 154 valence electrons. The van der Waals surface area contributed by atoms with E-state index in [-0.39, 0.29) is 18.0 Å². The first kappa shape index (κ1) is 20.8. The van der Waals surface area contributed by atoms with Crippen LogP contribution in [0.2, 0.25) is 0 Å². The lowest BCUT2D eigenvalue weighted by Gasteiger charge is -2.30. The Hall–Kier alpha value is -1.96. The van der Waals surface area contributed by atoms with E-state index in [4.69, 9.17) is 4.42 Å². The molecule has 1 amide bonds. The van der Waals surface area contributed by atoms with Crippen molar-refractivity contribution in [2.45, 2.75) is 70.7 Å². The van der Waals surface area contributed by atoms with E-state index in [2.05, 4.69) is 47.4 Å². The molecule has 2 aromatic rings. The summed E-state index contributed by atoms with van der Waals surface area (Å²) in [5.41, 5.74) is 0. The number of piperidine rings is 1. The summed E-state index contributed by atoms with van der Waals surface area (Å²) in [4.78, 5) is 17.0. The predicted molar refractivity (Wildman–Crippen MR) is 112 cm³/mol. The molecule has 1 aliphatic rings. The number of hydrogen-bond acceptors (Lipinski definition) is 6. The second kappa shape index (κ2) is 9.49. The van der Waals surface area contributed by atoms with Crippen LogP contribution in [0.3, 0.4) is 0 Å². The fraction of sp³-hybridized carbons (Fsp3) is 0.650. The molecule has 1 aliphatic heterocycles. The van der Waals surface area contributed by atoms with Gasteiger partial charge in [-0.2, -0.15) is 0 Å². The average Bonchev–Trinajstić information content (AvgIpc) is 3.30. The number of furan rings is 1. The number of carbonyl (C=O) groups excluding carboxylic acids is 1. The van der Waals surface area contributed by atoms with Crippen molar-refractivity contribution in [1.82, 2.24) is 19.7 Å². The van der Waals surface area contributed by atoms with Crippen LogP contribution >= 0.6 is 11.8 Å². The number of amides is 1. The van der Waals surface area contributed by atoms with Gasteiger partial charge < -0.3 is 14.2 Å². The van der Waals surface area contributed by atoms with Gasteiger partial charge in [0, 0.05) is 25.2 Å². The van der Waals surface area contributed by atoms with Gasteiger partial charge in [0.1, 0.15) is 5.76 Å². The van der Waals surface area contributed by atoms with Crippen LogP contribution in [0.25, 0.3) is 0 Å². The molecule has 0 unspecified atom stereocenters. The molecular formula is C20H31N5O2S. The van der Waals surface area contributed by atoms with Crippen LogP contribution in [-0.2, 0) is 11.3 Å². The van der Waals surface area contributed by atoms with E-state index in [1.165, 1.54) is 31.0 Å². The minimum Gasteiger partial charge on any atom is -0.467 e. The van der Waals surface area contributed by atoms with E-state index in [1.54, 1.807) is 6.26 Å². The summed E-state index contributed by atoms with van der Waals surface area (Å²) in [6.07, 6.45) is 5.29. The number of anilines is 1. The highest BCUT2D eigenvalue weighted by atomic mass is 32.2. The average molecular weight is 406 g/mol. The first-order valence-corrected chi connectivity index (χ1v) is 11.1. The quantitative estimate of drug-likeness (QED) is 0.625. The Morgan fingerprint density at radius 1 is 1.18 bits per heavy atom. The monoisotopic (exact) mass is 405 g/mol. The first-order valence-electron chi connectivity index (χ1n) is 10.1. The molecule has 2 aromatic heterocycles. The molecule has 1 fully saturated rings. The maximum absolute atomic E-state index is 12.8. The second-order valence-corrected chi connectivity index (χ2v) is 8.72. The molecule has 1 saturated heterocycles. The van der Waals surface area contributed by atoms with E-state index in [1.807, 2.05) is 17.0 Å². The van der Waals surface area contributed by atoms with Crippen LogP contribution in [0.5, 0.6) is 0 Å². The van der Waals surface area contributed by atoms with Crippen LogP contribution in [0, 0.1) is 0 Å². The third-order valence-electron chi connectivity index (χ3n) is 4.96. The minimum atomic E-state index is 0.127. The van der Waals surface area contributed by atoms with Gasteiger partial charge in [-0.05, 0) is 59.1 Å². The number of aromatic nitrogens is 3. The van der Waals surface area contributed by atoms with Gasteiger partial charge in [0.2, 0.25) is 11.9 Å². The highest BCUT2D eigenvalue weighted by Gasteiger charge is 2.24. The Labute approximate surface area is 171 Å². The van der Waals surface area contributed by atoms with E-state index >= 15 is 0 Å². The molecule has 0 spiro atoms. The van der Waals surface area contributed by atoms with Gasteiger partial charge >= 0.3 is 0 Å². The van der Waals surface area contributed by atoms with Crippen molar-refractivity contribution in [3.63, 3.8) is 0 Å². The van der Waals surface area contributed by atoms with Gasteiger partial charge in [0.15, 0.2) is 5.16 Å². The largest absolute Gasteiger partial charge is 0.467 e. The van der Waals surface area contributed by atoms with Gasteiger partial charge in [0.25, 0.3) is 0 Å². The summed E-state index contributed by atoms with van der Waals surface area (Å²) in [7, 11) is 0. The van der Waals surface area contributed by atoms with Gasteiger partial charge in [-0.25, -0.2) is 0 Å². The predicted octanol–water partition coefficient (Wildman–Crippen LogP) is 3.65. The Kier molecular flexibility index (Phi) is 7.04. The Morgan fingerprint density at radius 3 is 2.50 bits per heavy atom. The van der Waals surface area contributed by atoms with Gasteiger partial charge in [0.05, 0.1) is 18.6 Å². The van der Waals surface area contributed by atoms with E-state index < -0.39 is 0 Å². The summed E-state index contributed by atoms with van der Waals surface area (Å²) in [6, 6.07) is 4.20. The van der Waals surface area contributed by atoms with Crippen molar-refractivity contribution >= 4 is 23.6 Å². The van der Waals surface area contributed by atoms with Gasteiger partial charge in [-0.3, -0.25) is 9.36 Å². The summed E-state index contributed by atoms with van der Waals surface area (Å²) in [5, 5.41) is 9.64. The molecule has 0 bridgehead atoms. The number of rotatable bonds is 8. The molecule has 28 heavy (non-hydrogen) atoms. The molecule has 3 heterocycles. The molecule has 0 saturated carbocycles. The van der Waals surface area contributed by atoms with Crippen LogP contribution < -0.4 is 4.90 Å². The Balaban J connectivity index is 1.78. The molecule has 0 N–H and O–H groups in total. The molecule has 3 rings (SSSR count). The van der Waals surface area contributed by atoms with Crippen LogP contribution in [-0.4, -0.2) is 56.5 Å². The van der Waals surface area contributed by atoms with E-state index in [9.17, 15) is 4.79 Å². The lowest BCUT2D eigenvalue weighted by Crippen LogP contribution is -2.43. The van der Waals surface area contributed by atoms with E-state index in [0.717, 1.165) is 30.0 Å². The lowest BCUT2D eigenvalue weighted by atomic mass is 10.1. The molecule has 8 heteroatoms. The first-order chi connectivity index (χ1) is 13.5. The van der Waals surface area contributed by atoms with Crippen molar-refractivity contribution in [1.29, 1.82) is 0 Å². The van der Waals surface area contributed by atoms with Crippen molar-refractivity contribution in [3.8, 4) is 0 Å². The highest BCUT2D eigenvalue weighted by Crippen LogP contribution is 2.26. The normalized spacial score (nSPS) is 14.9. The zero-order valence-corrected chi connectivity index (χ0v) is 18.1. The van der Waals surface area contributed by atoms with Crippen LogP contribution in [0.1, 0.15) is 52.7 Å². The zero-order chi connectivity index (χ0) is 20.1. The van der Waals surface area contributed by atoms with Crippen LogP contribution in [0.15, 0.2) is 28.0 Å². The number of thioether (sulfide) groups is 1. The Morgan fingerprint density at radius 2 is 1.89 bits per heavy atom. The maximum Gasteiger partial charge on any atom is 0.233 e. The molecule has 7 nitrogen and oxygen atoms in total. The fourth-order valence-corrected chi connectivity index (χ4v) is 4.59. The minimum absolute atomic E-state index is 0.127. The topological polar surface area (TPSA) is 67.4 Å². The summed E-state index contributed by atoms with van der Waals surface area (Å²) >= 11 is 1.45. The Bertz CT molecular complexity index is 743. The molecule has 0 atom stereocenters. The SMILES string of the molecule is CC(C)N(C(=O)CSc1nnc(N2CCCCC2)n1Cc1ccco1)C(C)C. The van der Waals surface area contributed by atoms with Crippen molar-refractivity contribution in [3.05, 3.63) is 24.2 Å². The summed E-state index contributed by atoms with van der Waals surface area (Å²) in [6.45, 7) is 10.8. The lowest BCUT2D eigenvalue weighted by molar-refractivity contribution is -0.131. The third-order valence-corrected chi connectivity index (χ3v) is 5.91. The third kappa shape index (κ3) is 4.90. The number of hydrogen-bond donors (Lipinski definition) is 0. The summed E-state index contributed by atoms with van der Waals surface area (Å²) in [5.74, 6) is 2.21. The molecular weight excluding hydrogens is 374 g/mol. The number of nitrogens with zero attached hydrogens (tertiary/aromatic N) is 5. The van der Waals surface area contributed by atoms with Gasteiger partial charge in [-0.15, -0.1) is 10.2 Å². The summed E-state index contributed by atoms with van der Waals surface area (Å²) < 4.78 is 7.63.